The van der Waals surface area contributed by atoms with Crippen LogP contribution in [0.2, 0.25) is 0 Å². The summed E-state index contributed by atoms with van der Waals surface area (Å²) in [4.78, 5) is 15.9. The molecular formula is C15H25N3O3S. The third kappa shape index (κ3) is 6.13. The summed E-state index contributed by atoms with van der Waals surface area (Å²) in [7, 11) is 2.25. The van der Waals surface area contributed by atoms with Gasteiger partial charge in [-0.2, -0.15) is 0 Å². The van der Waals surface area contributed by atoms with Crippen molar-refractivity contribution in [2.45, 2.75) is 26.1 Å². The maximum atomic E-state index is 12.2. The molecule has 1 aromatic rings. The van der Waals surface area contributed by atoms with Crippen LogP contribution in [-0.4, -0.2) is 57.6 Å². The average Bonchev–Trinajstić information content (AvgIpc) is 2.37. The van der Waals surface area contributed by atoms with Gasteiger partial charge in [0.1, 0.15) is 0 Å². The van der Waals surface area contributed by atoms with Gasteiger partial charge < -0.3 is 9.80 Å². The van der Waals surface area contributed by atoms with Gasteiger partial charge in [-0.1, -0.05) is 24.3 Å². The van der Waals surface area contributed by atoms with Crippen LogP contribution in [0.25, 0.3) is 0 Å². The Labute approximate surface area is 133 Å². The molecule has 1 N–H and O–H groups in total. The van der Waals surface area contributed by atoms with E-state index in [-0.39, 0.29) is 5.91 Å². The molecule has 1 amide bonds. The van der Waals surface area contributed by atoms with Crippen molar-refractivity contribution in [3.05, 3.63) is 35.4 Å². The molecule has 0 saturated heterocycles. The highest BCUT2D eigenvalue weighted by atomic mass is 32.2. The van der Waals surface area contributed by atoms with Gasteiger partial charge in [0.25, 0.3) is 0 Å². The van der Waals surface area contributed by atoms with Crippen molar-refractivity contribution < 1.29 is 13.2 Å². The quantitative estimate of drug-likeness (QED) is 0.798. The Morgan fingerprint density at radius 2 is 1.64 bits per heavy atom. The Bertz CT molecular complexity index is 614. The number of hydrogen-bond acceptors (Lipinski definition) is 4. The van der Waals surface area contributed by atoms with E-state index in [1.54, 1.807) is 14.0 Å². The summed E-state index contributed by atoms with van der Waals surface area (Å²) in [5.41, 5.74) is 2.20. The van der Waals surface area contributed by atoms with E-state index in [1.807, 2.05) is 38.4 Å². The Hall–Kier alpha value is -1.44. The monoisotopic (exact) mass is 327 g/mol. The summed E-state index contributed by atoms with van der Waals surface area (Å²) in [5.74, 6) is -0.259. The van der Waals surface area contributed by atoms with Crippen LogP contribution in [0.3, 0.4) is 0 Å². The van der Waals surface area contributed by atoms with Crippen LogP contribution in [0.4, 0.5) is 0 Å². The molecule has 22 heavy (non-hydrogen) atoms. The molecule has 0 saturated carbocycles. The summed E-state index contributed by atoms with van der Waals surface area (Å²) in [6.45, 7) is 2.78. The number of benzene rings is 1. The van der Waals surface area contributed by atoms with Crippen molar-refractivity contribution in [3.63, 3.8) is 0 Å². The van der Waals surface area contributed by atoms with Crippen molar-refractivity contribution in [1.82, 2.24) is 14.5 Å². The van der Waals surface area contributed by atoms with Crippen LogP contribution in [0, 0.1) is 0 Å². The first kappa shape index (κ1) is 18.6. The number of rotatable bonds is 7. The second-order valence-electron chi connectivity index (χ2n) is 5.81. The number of nitrogens with one attached hydrogen (secondary N) is 1. The topological polar surface area (TPSA) is 69.7 Å². The molecule has 0 fully saturated rings. The van der Waals surface area contributed by atoms with E-state index in [9.17, 15) is 13.2 Å². The lowest BCUT2D eigenvalue weighted by Gasteiger charge is -2.23. The van der Waals surface area contributed by atoms with Gasteiger partial charge in [0, 0.05) is 20.1 Å². The molecule has 0 bridgehead atoms. The molecule has 0 aromatic heterocycles. The highest BCUT2D eigenvalue weighted by Crippen LogP contribution is 2.13. The highest BCUT2D eigenvalue weighted by molar-refractivity contribution is 7.88. The van der Waals surface area contributed by atoms with E-state index in [0.29, 0.717) is 6.54 Å². The molecule has 6 nitrogen and oxygen atoms in total. The number of carbonyl (C=O) groups is 1. The number of nitrogens with zero attached hydrogens (tertiary/aromatic N) is 2. The molecule has 0 aliphatic rings. The summed E-state index contributed by atoms with van der Waals surface area (Å²) in [6.07, 6.45) is 1.04. The van der Waals surface area contributed by atoms with Crippen molar-refractivity contribution in [3.8, 4) is 0 Å². The summed E-state index contributed by atoms with van der Waals surface area (Å²) < 4.78 is 24.7. The van der Waals surface area contributed by atoms with E-state index < -0.39 is 16.1 Å². The molecule has 7 heteroatoms. The van der Waals surface area contributed by atoms with Gasteiger partial charge in [-0.3, -0.25) is 4.79 Å². The molecule has 0 spiro atoms. The molecule has 0 aliphatic heterocycles. The fourth-order valence-electron chi connectivity index (χ4n) is 2.24. The van der Waals surface area contributed by atoms with E-state index >= 15 is 0 Å². The first-order valence-corrected chi connectivity index (χ1v) is 8.93. The number of carbonyl (C=O) groups excluding carboxylic acids is 1. The molecular weight excluding hydrogens is 302 g/mol. The first-order valence-electron chi connectivity index (χ1n) is 7.04. The molecule has 0 radical (unpaired) electrons. The zero-order valence-electron chi connectivity index (χ0n) is 13.8. The second kappa shape index (κ2) is 7.71. The Balaban J connectivity index is 2.80. The lowest BCUT2D eigenvalue weighted by Crippen LogP contribution is -2.44. The van der Waals surface area contributed by atoms with Crippen LogP contribution in [0.1, 0.15) is 18.1 Å². The molecule has 1 aromatic carbocycles. The third-order valence-corrected chi connectivity index (χ3v) is 3.93. The maximum Gasteiger partial charge on any atom is 0.240 e. The minimum atomic E-state index is -3.40. The number of likely N-dealkylation sites (N-methyl/N-ethyl adjacent to an activating group) is 1. The predicted octanol–water partition coefficient (Wildman–Crippen LogP) is 0.644. The van der Waals surface area contributed by atoms with Crippen molar-refractivity contribution in [1.29, 1.82) is 0 Å². The van der Waals surface area contributed by atoms with E-state index in [1.165, 1.54) is 4.90 Å². The number of hydrogen-bond donors (Lipinski definition) is 1. The van der Waals surface area contributed by atoms with Crippen molar-refractivity contribution in [2.24, 2.45) is 0 Å². The molecule has 0 heterocycles. The predicted molar refractivity (Wildman–Crippen MR) is 87.7 cm³/mol. The minimum Gasteiger partial charge on any atom is -0.340 e. The van der Waals surface area contributed by atoms with Crippen LogP contribution in [0.5, 0.6) is 0 Å². The van der Waals surface area contributed by atoms with E-state index in [4.69, 9.17) is 0 Å². The first-order chi connectivity index (χ1) is 10.1. The lowest BCUT2D eigenvalue weighted by molar-refractivity contribution is -0.131. The Morgan fingerprint density at radius 1 is 1.14 bits per heavy atom. The van der Waals surface area contributed by atoms with E-state index in [0.717, 1.165) is 23.9 Å². The van der Waals surface area contributed by atoms with Gasteiger partial charge in [0.2, 0.25) is 15.9 Å². The molecule has 1 atom stereocenters. The van der Waals surface area contributed by atoms with Crippen LogP contribution < -0.4 is 4.72 Å². The fraction of sp³-hybridized carbons (Fsp3) is 0.533. The maximum absolute atomic E-state index is 12.2. The smallest absolute Gasteiger partial charge is 0.240 e. The molecule has 0 unspecified atom stereocenters. The standard InChI is InChI=1S/C15H25N3O3S/c1-12(16-22(5,20)21)15(19)18(4)11-14-9-7-6-8-13(14)10-17(2)3/h6-9,12,16H,10-11H2,1-5H3/t12-/m0/s1. The van der Waals surface area contributed by atoms with Gasteiger partial charge in [-0.15, -0.1) is 0 Å². The molecule has 0 aliphatic carbocycles. The van der Waals surface area contributed by atoms with E-state index in [2.05, 4.69) is 9.62 Å². The van der Waals surface area contributed by atoms with Gasteiger partial charge in [-0.05, 0) is 32.1 Å². The van der Waals surface area contributed by atoms with Crippen LogP contribution in [0.15, 0.2) is 24.3 Å². The lowest BCUT2D eigenvalue weighted by atomic mass is 10.1. The second-order valence-corrected chi connectivity index (χ2v) is 7.59. The molecule has 124 valence electrons. The number of amides is 1. The van der Waals surface area contributed by atoms with Gasteiger partial charge in [0.15, 0.2) is 0 Å². The van der Waals surface area contributed by atoms with Gasteiger partial charge in [0.05, 0.1) is 12.3 Å². The van der Waals surface area contributed by atoms with Gasteiger partial charge in [-0.25, -0.2) is 13.1 Å². The summed E-state index contributed by atoms with van der Waals surface area (Å²) in [6, 6.07) is 7.15. The zero-order chi connectivity index (χ0) is 16.9. The average molecular weight is 327 g/mol. The largest absolute Gasteiger partial charge is 0.340 e. The Kier molecular flexibility index (Phi) is 6.52. The van der Waals surface area contributed by atoms with Crippen LogP contribution >= 0.6 is 0 Å². The molecule has 1 rings (SSSR count). The summed E-state index contributed by atoms with van der Waals surface area (Å²) in [5, 5.41) is 0. The minimum absolute atomic E-state index is 0.259. The number of sulfonamides is 1. The normalized spacial score (nSPS) is 13.2. The third-order valence-electron chi connectivity index (χ3n) is 3.15. The Morgan fingerprint density at radius 3 is 2.09 bits per heavy atom. The fourth-order valence-corrected chi connectivity index (χ4v) is 2.99. The van der Waals surface area contributed by atoms with Crippen LogP contribution in [-0.2, 0) is 27.9 Å². The summed E-state index contributed by atoms with van der Waals surface area (Å²) >= 11 is 0. The van der Waals surface area contributed by atoms with Crippen molar-refractivity contribution >= 4 is 15.9 Å². The SMILES string of the molecule is C[C@H](NS(C)(=O)=O)C(=O)N(C)Cc1ccccc1CN(C)C. The van der Waals surface area contributed by atoms with Crippen molar-refractivity contribution in [2.75, 3.05) is 27.4 Å². The zero-order valence-corrected chi connectivity index (χ0v) is 14.6. The van der Waals surface area contributed by atoms with Gasteiger partial charge >= 0.3 is 0 Å². The highest BCUT2D eigenvalue weighted by Gasteiger charge is 2.21.